The summed E-state index contributed by atoms with van der Waals surface area (Å²) in [5, 5.41) is 6.19. The van der Waals surface area contributed by atoms with Crippen LogP contribution in [-0.4, -0.2) is 38.3 Å². The molecule has 1 fully saturated rings. The smallest absolute Gasteiger partial charge is 0.237 e. The first kappa shape index (κ1) is 12.5. The van der Waals surface area contributed by atoms with Crippen LogP contribution < -0.4 is 10.6 Å². The number of amides is 1. The third-order valence-electron chi connectivity index (χ3n) is 2.54. The Morgan fingerprint density at radius 2 is 2.20 bits per heavy atom. The SMILES string of the molecule is COCCCCNC(C)C(=O)NC1CC1. The highest BCUT2D eigenvalue weighted by Crippen LogP contribution is 2.18. The number of hydrogen-bond acceptors (Lipinski definition) is 3. The van der Waals surface area contributed by atoms with Gasteiger partial charge >= 0.3 is 0 Å². The summed E-state index contributed by atoms with van der Waals surface area (Å²) in [5.74, 6) is 0.129. The first-order valence-corrected chi connectivity index (χ1v) is 5.76. The molecular formula is C11H22N2O2. The van der Waals surface area contributed by atoms with Crippen molar-refractivity contribution in [2.45, 2.75) is 44.7 Å². The van der Waals surface area contributed by atoms with Crippen LogP contribution in [0, 0.1) is 0 Å². The van der Waals surface area contributed by atoms with E-state index >= 15 is 0 Å². The Balaban J connectivity index is 1.96. The van der Waals surface area contributed by atoms with Gasteiger partial charge in [-0.15, -0.1) is 0 Å². The molecule has 4 nitrogen and oxygen atoms in total. The quantitative estimate of drug-likeness (QED) is 0.584. The third-order valence-corrected chi connectivity index (χ3v) is 2.54. The predicted octanol–water partition coefficient (Wildman–Crippen LogP) is 0.670. The lowest BCUT2D eigenvalue weighted by Gasteiger charge is -2.13. The maximum Gasteiger partial charge on any atom is 0.237 e. The summed E-state index contributed by atoms with van der Waals surface area (Å²) in [6.45, 7) is 3.58. The molecule has 0 aromatic carbocycles. The van der Waals surface area contributed by atoms with Gasteiger partial charge < -0.3 is 15.4 Å². The van der Waals surface area contributed by atoms with E-state index in [2.05, 4.69) is 10.6 Å². The Morgan fingerprint density at radius 1 is 1.47 bits per heavy atom. The fraction of sp³-hybridized carbons (Fsp3) is 0.909. The fourth-order valence-corrected chi connectivity index (χ4v) is 1.34. The summed E-state index contributed by atoms with van der Waals surface area (Å²) in [4.78, 5) is 11.5. The highest BCUT2D eigenvalue weighted by atomic mass is 16.5. The van der Waals surface area contributed by atoms with Crippen LogP contribution in [-0.2, 0) is 9.53 Å². The highest BCUT2D eigenvalue weighted by Gasteiger charge is 2.25. The Labute approximate surface area is 91.8 Å². The Hall–Kier alpha value is -0.610. The van der Waals surface area contributed by atoms with Crippen molar-refractivity contribution >= 4 is 5.91 Å². The molecule has 0 aromatic heterocycles. The number of ether oxygens (including phenoxy) is 1. The number of methoxy groups -OCH3 is 1. The van der Waals surface area contributed by atoms with E-state index < -0.39 is 0 Å². The largest absolute Gasteiger partial charge is 0.385 e. The van der Waals surface area contributed by atoms with Crippen molar-refractivity contribution < 1.29 is 9.53 Å². The molecule has 0 aromatic rings. The number of unbranched alkanes of at least 4 members (excludes halogenated alkanes) is 1. The lowest BCUT2D eigenvalue weighted by Crippen LogP contribution is -2.43. The maximum atomic E-state index is 11.5. The van der Waals surface area contributed by atoms with Crippen LogP contribution in [0.4, 0.5) is 0 Å². The van der Waals surface area contributed by atoms with E-state index in [9.17, 15) is 4.79 Å². The molecule has 1 aliphatic carbocycles. The second kappa shape index (κ2) is 6.80. The number of nitrogens with one attached hydrogen (secondary N) is 2. The van der Waals surface area contributed by atoms with Crippen molar-refractivity contribution in [1.29, 1.82) is 0 Å². The highest BCUT2D eigenvalue weighted by molar-refractivity contribution is 5.81. The van der Waals surface area contributed by atoms with Gasteiger partial charge in [0.25, 0.3) is 0 Å². The van der Waals surface area contributed by atoms with Gasteiger partial charge in [0, 0.05) is 19.8 Å². The van der Waals surface area contributed by atoms with Crippen LogP contribution in [0.15, 0.2) is 0 Å². The lowest BCUT2D eigenvalue weighted by atomic mass is 10.2. The zero-order chi connectivity index (χ0) is 11.1. The van der Waals surface area contributed by atoms with Gasteiger partial charge in [-0.3, -0.25) is 4.79 Å². The van der Waals surface area contributed by atoms with Gasteiger partial charge in [-0.25, -0.2) is 0 Å². The summed E-state index contributed by atoms with van der Waals surface area (Å²) in [6.07, 6.45) is 4.38. The molecule has 1 atom stereocenters. The number of hydrogen-bond donors (Lipinski definition) is 2. The molecule has 0 heterocycles. The number of rotatable bonds is 8. The summed E-state index contributed by atoms with van der Waals surface area (Å²) in [6, 6.07) is 0.378. The summed E-state index contributed by atoms with van der Waals surface area (Å²) >= 11 is 0. The number of carbonyl (C=O) groups excluding carboxylic acids is 1. The van der Waals surface area contributed by atoms with Crippen LogP contribution in [0.1, 0.15) is 32.6 Å². The normalized spacial score (nSPS) is 17.5. The molecule has 1 saturated carbocycles. The first-order chi connectivity index (χ1) is 7.24. The minimum absolute atomic E-state index is 0.0758. The average Bonchev–Trinajstić information content (AvgIpc) is 3.01. The molecule has 1 unspecified atom stereocenters. The zero-order valence-corrected chi connectivity index (χ0v) is 9.71. The Bertz CT molecular complexity index is 193. The molecule has 1 aliphatic rings. The molecule has 1 amide bonds. The molecule has 0 bridgehead atoms. The molecule has 0 spiro atoms. The molecule has 0 aliphatic heterocycles. The van der Waals surface area contributed by atoms with E-state index in [4.69, 9.17) is 4.74 Å². The van der Waals surface area contributed by atoms with Gasteiger partial charge in [0.15, 0.2) is 0 Å². The zero-order valence-electron chi connectivity index (χ0n) is 9.71. The second-order valence-electron chi connectivity index (χ2n) is 4.16. The van der Waals surface area contributed by atoms with Crippen molar-refractivity contribution in [2.75, 3.05) is 20.3 Å². The van der Waals surface area contributed by atoms with E-state index in [-0.39, 0.29) is 11.9 Å². The molecule has 15 heavy (non-hydrogen) atoms. The van der Waals surface area contributed by atoms with Gasteiger partial charge in [0.2, 0.25) is 5.91 Å². The van der Waals surface area contributed by atoms with Crippen LogP contribution in [0.2, 0.25) is 0 Å². The van der Waals surface area contributed by atoms with E-state index in [0.29, 0.717) is 6.04 Å². The van der Waals surface area contributed by atoms with Gasteiger partial charge in [-0.1, -0.05) is 0 Å². The molecule has 88 valence electrons. The van der Waals surface area contributed by atoms with Crippen LogP contribution in [0.5, 0.6) is 0 Å². The van der Waals surface area contributed by atoms with Crippen molar-refractivity contribution in [3.8, 4) is 0 Å². The van der Waals surface area contributed by atoms with Crippen LogP contribution >= 0.6 is 0 Å². The van der Waals surface area contributed by atoms with Crippen LogP contribution in [0.3, 0.4) is 0 Å². The fourth-order valence-electron chi connectivity index (χ4n) is 1.34. The Morgan fingerprint density at radius 3 is 2.80 bits per heavy atom. The van der Waals surface area contributed by atoms with Gasteiger partial charge in [-0.2, -0.15) is 0 Å². The van der Waals surface area contributed by atoms with Gasteiger partial charge in [0.1, 0.15) is 0 Å². The lowest BCUT2D eigenvalue weighted by molar-refractivity contribution is -0.122. The van der Waals surface area contributed by atoms with Crippen molar-refractivity contribution in [1.82, 2.24) is 10.6 Å². The Kier molecular flexibility index (Phi) is 5.65. The monoisotopic (exact) mass is 214 g/mol. The second-order valence-corrected chi connectivity index (χ2v) is 4.16. The van der Waals surface area contributed by atoms with Crippen molar-refractivity contribution in [3.05, 3.63) is 0 Å². The third kappa shape index (κ3) is 5.74. The average molecular weight is 214 g/mol. The maximum absolute atomic E-state index is 11.5. The minimum atomic E-state index is -0.0758. The molecule has 0 radical (unpaired) electrons. The number of carbonyl (C=O) groups is 1. The standard InChI is InChI=1S/C11H22N2O2/c1-9(11(14)13-10-5-6-10)12-7-3-4-8-15-2/h9-10,12H,3-8H2,1-2H3,(H,13,14). The van der Waals surface area contributed by atoms with Gasteiger partial charge in [-0.05, 0) is 39.2 Å². The first-order valence-electron chi connectivity index (χ1n) is 5.76. The topological polar surface area (TPSA) is 50.4 Å². The van der Waals surface area contributed by atoms with E-state index in [0.717, 1.165) is 38.8 Å². The summed E-state index contributed by atoms with van der Waals surface area (Å²) < 4.78 is 4.95. The molecule has 2 N–H and O–H groups in total. The van der Waals surface area contributed by atoms with Crippen molar-refractivity contribution in [3.63, 3.8) is 0 Å². The van der Waals surface area contributed by atoms with Crippen LogP contribution in [0.25, 0.3) is 0 Å². The van der Waals surface area contributed by atoms with Crippen molar-refractivity contribution in [2.24, 2.45) is 0 Å². The minimum Gasteiger partial charge on any atom is -0.385 e. The molecule has 4 heteroatoms. The summed E-state index contributed by atoms with van der Waals surface area (Å²) in [7, 11) is 1.71. The summed E-state index contributed by atoms with van der Waals surface area (Å²) in [5.41, 5.74) is 0. The van der Waals surface area contributed by atoms with Gasteiger partial charge in [0.05, 0.1) is 6.04 Å². The predicted molar refractivity (Wildman–Crippen MR) is 59.7 cm³/mol. The molecule has 0 saturated heterocycles. The van der Waals surface area contributed by atoms with E-state index in [1.54, 1.807) is 7.11 Å². The molecule has 1 rings (SSSR count). The van der Waals surface area contributed by atoms with E-state index in [1.165, 1.54) is 0 Å². The van der Waals surface area contributed by atoms with E-state index in [1.807, 2.05) is 6.92 Å². The molecular weight excluding hydrogens is 192 g/mol.